The van der Waals surface area contributed by atoms with E-state index in [-0.39, 0.29) is 17.5 Å². The van der Waals surface area contributed by atoms with Gasteiger partial charge in [0.1, 0.15) is 11.3 Å². The summed E-state index contributed by atoms with van der Waals surface area (Å²) in [6, 6.07) is 9.63. The van der Waals surface area contributed by atoms with E-state index in [2.05, 4.69) is 15.6 Å². The number of pyridine rings is 1. The lowest BCUT2D eigenvalue weighted by Gasteiger charge is -2.10. The first-order chi connectivity index (χ1) is 11.6. The molecule has 2 N–H and O–H groups in total. The Morgan fingerprint density at radius 1 is 1.25 bits per heavy atom. The van der Waals surface area contributed by atoms with Crippen molar-refractivity contribution in [2.24, 2.45) is 0 Å². The Kier molecular flexibility index (Phi) is 6.07. The molecular weight excluding hydrogens is 312 g/mol. The number of nitro benzene ring substituents is 1. The molecule has 0 bridgehead atoms. The van der Waals surface area contributed by atoms with Gasteiger partial charge in [-0.25, -0.2) is 4.98 Å². The zero-order chi connectivity index (χ0) is 17.4. The summed E-state index contributed by atoms with van der Waals surface area (Å²) in [4.78, 5) is 26.7. The highest BCUT2D eigenvalue weighted by Gasteiger charge is 2.14. The third kappa shape index (κ3) is 4.42. The van der Waals surface area contributed by atoms with Gasteiger partial charge in [-0.1, -0.05) is 12.1 Å². The van der Waals surface area contributed by atoms with Crippen LogP contribution in [-0.4, -0.2) is 35.5 Å². The Hall–Kier alpha value is -3.16. The van der Waals surface area contributed by atoms with Gasteiger partial charge in [-0.3, -0.25) is 14.9 Å². The standard InChI is InChI=1S/C16H18N4O4/c1-2-24-16-12(6-5-9-19-16)15(21)18-11-10-17-13-7-3-4-8-14(13)20(22)23/h3-9,17H,2,10-11H2,1H3,(H,18,21). The number of ether oxygens (including phenoxy) is 1. The number of nitrogens with one attached hydrogen (secondary N) is 2. The van der Waals surface area contributed by atoms with E-state index >= 15 is 0 Å². The average Bonchev–Trinajstić information content (AvgIpc) is 2.59. The lowest BCUT2D eigenvalue weighted by molar-refractivity contribution is -0.384. The Morgan fingerprint density at radius 2 is 2.04 bits per heavy atom. The summed E-state index contributed by atoms with van der Waals surface area (Å²) in [5.74, 6) is -0.0277. The van der Waals surface area contributed by atoms with E-state index in [0.717, 1.165) is 0 Å². The fourth-order valence-corrected chi connectivity index (χ4v) is 2.07. The molecule has 8 nitrogen and oxygen atoms in total. The lowest BCUT2D eigenvalue weighted by atomic mass is 10.2. The number of carbonyl (C=O) groups is 1. The molecule has 0 aliphatic rings. The largest absolute Gasteiger partial charge is 0.477 e. The smallest absolute Gasteiger partial charge is 0.292 e. The maximum atomic E-state index is 12.2. The van der Waals surface area contributed by atoms with E-state index in [1.807, 2.05) is 6.92 Å². The maximum Gasteiger partial charge on any atom is 0.292 e. The molecule has 2 aromatic rings. The summed E-state index contributed by atoms with van der Waals surface area (Å²) in [5, 5.41) is 16.6. The second-order valence-corrected chi connectivity index (χ2v) is 4.75. The van der Waals surface area contributed by atoms with Gasteiger partial charge in [0.15, 0.2) is 0 Å². The average molecular weight is 330 g/mol. The van der Waals surface area contributed by atoms with E-state index in [4.69, 9.17) is 4.74 Å². The van der Waals surface area contributed by atoms with Crippen LogP contribution in [0.25, 0.3) is 0 Å². The molecule has 126 valence electrons. The normalized spacial score (nSPS) is 10.0. The minimum Gasteiger partial charge on any atom is -0.477 e. The molecule has 1 aromatic carbocycles. The van der Waals surface area contributed by atoms with Crippen molar-refractivity contribution in [2.75, 3.05) is 25.0 Å². The fourth-order valence-electron chi connectivity index (χ4n) is 2.07. The van der Waals surface area contributed by atoms with E-state index < -0.39 is 4.92 Å². The second-order valence-electron chi connectivity index (χ2n) is 4.75. The SMILES string of the molecule is CCOc1ncccc1C(=O)NCCNc1ccccc1[N+](=O)[O-]. The van der Waals surface area contributed by atoms with Gasteiger partial charge in [-0.05, 0) is 25.1 Å². The predicted molar refractivity (Wildman–Crippen MR) is 89.3 cm³/mol. The van der Waals surface area contributed by atoms with E-state index in [0.29, 0.717) is 30.9 Å². The van der Waals surface area contributed by atoms with Crippen molar-refractivity contribution in [2.45, 2.75) is 6.92 Å². The van der Waals surface area contributed by atoms with Gasteiger partial charge in [0, 0.05) is 25.4 Å². The molecule has 1 aromatic heterocycles. The van der Waals surface area contributed by atoms with Crippen LogP contribution in [0.2, 0.25) is 0 Å². The molecule has 0 atom stereocenters. The molecule has 24 heavy (non-hydrogen) atoms. The Balaban J connectivity index is 1.89. The van der Waals surface area contributed by atoms with Crippen LogP contribution in [0.4, 0.5) is 11.4 Å². The number of nitro groups is 1. The Bertz CT molecular complexity index is 721. The van der Waals surface area contributed by atoms with Crippen LogP contribution < -0.4 is 15.4 Å². The van der Waals surface area contributed by atoms with Crippen LogP contribution in [0.1, 0.15) is 17.3 Å². The van der Waals surface area contributed by atoms with Crippen molar-refractivity contribution in [3.8, 4) is 5.88 Å². The number of carbonyl (C=O) groups excluding carboxylic acids is 1. The molecule has 0 aliphatic heterocycles. The summed E-state index contributed by atoms with van der Waals surface area (Å²) in [7, 11) is 0. The van der Waals surface area contributed by atoms with E-state index in [9.17, 15) is 14.9 Å². The molecule has 0 radical (unpaired) electrons. The number of nitrogens with zero attached hydrogens (tertiary/aromatic N) is 2. The van der Waals surface area contributed by atoms with Gasteiger partial charge in [0.2, 0.25) is 5.88 Å². The number of hydrogen-bond acceptors (Lipinski definition) is 6. The van der Waals surface area contributed by atoms with Crippen molar-refractivity contribution in [1.82, 2.24) is 10.3 Å². The number of amides is 1. The third-order valence-corrected chi connectivity index (χ3v) is 3.12. The number of para-hydroxylation sites is 2. The Labute approximate surface area is 139 Å². The monoisotopic (exact) mass is 330 g/mol. The summed E-state index contributed by atoms with van der Waals surface area (Å²) in [6.07, 6.45) is 1.55. The van der Waals surface area contributed by atoms with E-state index in [1.165, 1.54) is 6.07 Å². The molecule has 0 fully saturated rings. The van der Waals surface area contributed by atoms with Crippen molar-refractivity contribution >= 4 is 17.3 Å². The molecule has 0 aliphatic carbocycles. The molecule has 0 unspecified atom stereocenters. The molecule has 0 saturated heterocycles. The highest BCUT2D eigenvalue weighted by Crippen LogP contribution is 2.22. The number of aromatic nitrogens is 1. The van der Waals surface area contributed by atoms with E-state index in [1.54, 1.807) is 36.5 Å². The van der Waals surface area contributed by atoms with Crippen LogP contribution in [0.3, 0.4) is 0 Å². The van der Waals surface area contributed by atoms with Gasteiger partial charge in [-0.2, -0.15) is 0 Å². The van der Waals surface area contributed by atoms with Gasteiger partial charge < -0.3 is 15.4 Å². The van der Waals surface area contributed by atoms with Crippen molar-refractivity contribution in [3.05, 3.63) is 58.3 Å². The van der Waals surface area contributed by atoms with Crippen LogP contribution in [0.15, 0.2) is 42.6 Å². The highest BCUT2D eigenvalue weighted by atomic mass is 16.6. The van der Waals surface area contributed by atoms with Gasteiger partial charge in [-0.15, -0.1) is 0 Å². The van der Waals surface area contributed by atoms with Crippen LogP contribution in [0, 0.1) is 10.1 Å². The number of benzene rings is 1. The molecule has 1 heterocycles. The Morgan fingerprint density at radius 3 is 2.79 bits per heavy atom. The highest BCUT2D eigenvalue weighted by molar-refractivity contribution is 5.96. The first-order valence-corrected chi connectivity index (χ1v) is 7.46. The first-order valence-electron chi connectivity index (χ1n) is 7.46. The third-order valence-electron chi connectivity index (χ3n) is 3.12. The summed E-state index contributed by atoms with van der Waals surface area (Å²) in [6.45, 7) is 2.87. The lowest BCUT2D eigenvalue weighted by Crippen LogP contribution is -2.29. The zero-order valence-electron chi connectivity index (χ0n) is 13.2. The quantitative estimate of drug-likeness (QED) is 0.437. The summed E-state index contributed by atoms with van der Waals surface area (Å²) in [5.41, 5.74) is 0.757. The second kappa shape index (κ2) is 8.47. The van der Waals surface area contributed by atoms with Crippen LogP contribution >= 0.6 is 0 Å². The number of hydrogen-bond donors (Lipinski definition) is 2. The molecule has 1 amide bonds. The first kappa shape index (κ1) is 17.2. The maximum absolute atomic E-state index is 12.2. The minimum absolute atomic E-state index is 0.00489. The summed E-state index contributed by atoms with van der Waals surface area (Å²) >= 11 is 0. The van der Waals surface area contributed by atoms with Crippen LogP contribution in [-0.2, 0) is 0 Å². The molecule has 8 heteroatoms. The minimum atomic E-state index is -0.453. The zero-order valence-corrected chi connectivity index (χ0v) is 13.2. The topological polar surface area (TPSA) is 106 Å². The van der Waals surface area contributed by atoms with Crippen LogP contribution in [0.5, 0.6) is 5.88 Å². The van der Waals surface area contributed by atoms with Gasteiger partial charge in [0.05, 0.1) is 11.5 Å². The fraction of sp³-hybridized carbons (Fsp3) is 0.250. The van der Waals surface area contributed by atoms with Gasteiger partial charge >= 0.3 is 0 Å². The molecular formula is C16H18N4O4. The van der Waals surface area contributed by atoms with Crippen molar-refractivity contribution in [3.63, 3.8) is 0 Å². The molecule has 2 rings (SSSR count). The number of rotatable bonds is 8. The van der Waals surface area contributed by atoms with Gasteiger partial charge in [0.25, 0.3) is 11.6 Å². The van der Waals surface area contributed by atoms with Crippen molar-refractivity contribution in [1.29, 1.82) is 0 Å². The predicted octanol–water partition coefficient (Wildman–Crippen LogP) is 2.23. The van der Waals surface area contributed by atoms with Crippen molar-refractivity contribution < 1.29 is 14.5 Å². The molecule has 0 saturated carbocycles. The summed E-state index contributed by atoms with van der Waals surface area (Å²) < 4.78 is 5.31. The molecule has 0 spiro atoms. The number of anilines is 1.